The molecular weight excluding hydrogens is 348 g/mol. The third-order valence-electron chi connectivity index (χ3n) is 3.87. The van der Waals surface area contributed by atoms with Gasteiger partial charge in [0.1, 0.15) is 18.3 Å². The summed E-state index contributed by atoms with van der Waals surface area (Å²) < 4.78 is 3.69. The molecule has 4 rings (SSSR count). The maximum Gasteiger partial charge on any atom is 0.275 e. The second kappa shape index (κ2) is 6.93. The first kappa shape index (κ1) is 16.2. The first-order valence-corrected chi connectivity index (χ1v) is 8.95. The molecule has 0 aliphatic rings. The van der Waals surface area contributed by atoms with Gasteiger partial charge in [-0.2, -0.15) is 0 Å². The van der Waals surface area contributed by atoms with E-state index in [-0.39, 0.29) is 5.91 Å². The number of carbonyl (C=O) groups is 1. The molecule has 26 heavy (non-hydrogen) atoms. The van der Waals surface area contributed by atoms with Gasteiger partial charge in [-0.3, -0.25) is 9.36 Å². The van der Waals surface area contributed by atoms with Crippen LogP contribution >= 0.6 is 11.3 Å². The first-order valence-electron chi connectivity index (χ1n) is 8.14. The maximum atomic E-state index is 12.8. The lowest BCUT2D eigenvalue weighted by Crippen LogP contribution is -2.14. The zero-order valence-corrected chi connectivity index (χ0v) is 14.8. The van der Waals surface area contributed by atoms with Crippen molar-refractivity contribution in [3.8, 4) is 10.8 Å². The van der Waals surface area contributed by atoms with Crippen LogP contribution in [0.5, 0.6) is 0 Å². The zero-order valence-electron chi connectivity index (χ0n) is 14.0. The Morgan fingerprint density at radius 1 is 1.12 bits per heavy atom. The molecule has 8 heteroatoms. The van der Waals surface area contributed by atoms with Gasteiger partial charge >= 0.3 is 0 Å². The number of carbonyl (C=O) groups excluding carboxylic acids is 1. The predicted molar refractivity (Wildman–Crippen MR) is 100 cm³/mol. The van der Waals surface area contributed by atoms with Crippen LogP contribution in [0, 0.1) is 0 Å². The van der Waals surface area contributed by atoms with Crippen molar-refractivity contribution in [3.05, 3.63) is 72.0 Å². The van der Waals surface area contributed by atoms with Crippen LogP contribution in [0.3, 0.4) is 0 Å². The molecule has 3 heterocycles. The minimum Gasteiger partial charge on any atom is -0.321 e. The molecule has 0 atom stereocenters. The minimum atomic E-state index is -0.211. The molecule has 0 unspecified atom stereocenters. The summed E-state index contributed by atoms with van der Waals surface area (Å²) in [6, 6.07) is 11.4. The molecule has 0 saturated carbocycles. The number of hydrogen-bond acceptors (Lipinski definition) is 5. The van der Waals surface area contributed by atoms with Crippen LogP contribution in [0.25, 0.3) is 10.8 Å². The summed E-state index contributed by atoms with van der Waals surface area (Å²) in [6.45, 7) is 2.02. The Morgan fingerprint density at radius 2 is 1.88 bits per heavy atom. The maximum absolute atomic E-state index is 12.8. The molecule has 0 spiro atoms. The minimum absolute atomic E-state index is 0.211. The molecule has 0 aliphatic heterocycles. The quantitative estimate of drug-likeness (QED) is 0.589. The zero-order chi connectivity index (χ0) is 17.9. The average Bonchev–Trinajstić information content (AvgIpc) is 3.42. The predicted octanol–water partition coefficient (Wildman–Crippen LogP) is 3.33. The van der Waals surface area contributed by atoms with Gasteiger partial charge in [0.25, 0.3) is 5.91 Å². The van der Waals surface area contributed by atoms with Gasteiger partial charge in [-0.15, -0.1) is 21.5 Å². The highest BCUT2D eigenvalue weighted by Gasteiger charge is 2.18. The van der Waals surface area contributed by atoms with E-state index in [4.69, 9.17) is 0 Å². The van der Waals surface area contributed by atoms with E-state index in [0.29, 0.717) is 11.4 Å². The third kappa shape index (κ3) is 3.14. The fraction of sp³-hybridized carbons (Fsp3) is 0.111. The Bertz CT molecular complexity index is 1020. The van der Waals surface area contributed by atoms with Crippen molar-refractivity contribution in [1.29, 1.82) is 0 Å². The van der Waals surface area contributed by atoms with Crippen LogP contribution in [0.15, 0.2) is 61.4 Å². The summed E-state index contributed by atoms with van der Waals surface area (Å²) in [5.74, 6) is -0.211. The van der Waals surface area contributed by atoms with Crippen LogP contribution in [0.2, 0.25) is 0 Å². The van der Waals surface area contributed by atoms with Gasteiger partial charge in [-0.25, -0.2) is 4.98 Å². The van der Waals surface area contributed by atoms with Gasteiger partial charge in [-0.05, 0) is 36.8 Å². The van der Waals surface area contributed by atoms with Crippen molar-refractivity contribution in [2.75, 3.05) is 5.32 Å². The number of anilines is 1. The molecule has 130 valence electrons. The van der Waals surface area contributed by atoms with E-state index in [1.165, 1.54) is 11.3 Å². The summed E-state index contributed by atoms with van der Waals surface area (Å²) >= 11 is 1.53. The topological polar surface area (TPSA) is 77.6 Å². The summed E-state index contributed by atoms with van der Waals surface area (Å²) in [6.07, 6.45) is 7.81. The van der Waals surface area contributed by atoms with Gasteiger partial charge in [-0.1, -0.05) is 13.0 Å². The lowest BCUT2D eigenvalue weighted by atomic mass is 10.2. The number of aromatic nitrogens is 5. The normalized spacial score (nSPS) is 10.8. The Morgan fingerprint density at radius 3 is 2.62 bits per heavy atom. The van der Waals surface area contributed by atoms with Crippen LogP contribution in [-0.4, -0.2) is 30.2 Å². The smallest absolute Gasteiger partial charge is 0.275 e. The Labute approximate surface area is 154 Å². The van der Waals surface area contributed by atoms with Crippen molar-refractivity contribution < 1.29 is 4.79 Å². The third-order valence-corrected chi connectivity index (χ3v) is 5.08. The molecule has 0 bridgehead atoms. The Balaban J connectivity index is 1.60. The van der Waals surface area contributed by atoms with E-state index in [1.54, 1.807) is 17.2 Å². The second-order valence-corrected chi connectivity index (χ2v) is 6.65. The van der Waals surface area contributed by atoms with E-state index < -0.39 is 0 Å². The molecular formula is C18H16N6OS. The van der Waals surface area contributed by atoms with Crippen molar-refractivity contribution >= 4 is 22.9 Å². The lowest BCUT2D eigenvalue weighted by molar-refractivity contribution is 0.102. The Kier molecular flexibility index (Phi) is 4.32. The highest BCUT2D eigenvalue weighted by molar-refractivity contribution is 7.14. The fourth-order valence-electron chi connectivity index (χ4n) is 2.60. The summed E-state index contributed by atoms with van der Waals surface area (Å²) in [4.78, 5) is 18.3. The van der Waals surface area contributed by atoms with Crippen molar-refractivity contribution in [2.24, 2.45) is 0 Å². The molecule has 0 fully saturated rings. The highest BCUT2D eigenvalue weighted by atomic mass is 32.1. The van der Waals surface area contributed by atoms with E-state index in [2.05, 4.69) is 20.5 Å². The van der Waals surface area contributed by atoms with E-state index >= 15 is 0 Å². The van der Waals surface area contributed by atoms with Gasteiger partial charge in [0.05, 0.1) is 5.69 Å². The monoisotopic (exact) mass is 364 g/mol. The summed E-state index contributed by atoms with van der Waals surface area (Å²) in [5, 5.41) is 11.3. The van der Waals surface area contributed by atoms with Crippen molar-refractivity contribution in [1.82, 2.24) is 24.3 Å². The Hall–Kier alpha value is -3.26. The van der Waals surface area contributed by atoms with Gasteiger partial charge in [0.15, 0.2) is 5.13 Å². The summed E-state index contributed by atoms with van der Waals surface area (Å²) in [7, 11) is 0. The number of nitrogens with zero attached hydrogens (tertiary/aromatic N) is 5. The lowest BCUT2D eigenvalue weighted by Gasteiger charge is -2.07. The van der Waals surface area contributed by atoms with E-state index in [1.807, 2.05) is 60.3 Å². The summed E-state index contributed by atoms with van der Waals surface area (Å²) in [5.41, 5.74) is 2.03. The molecule has 0 aliphatic carbocycles. The van der Waals surface area contributed by atoms with E-state index in [9.17, 15) is 4.79 Å². The molecule has 1 N–H and O–H groups in total. The number of hydrogen-bond donors (Lipinski definition) is 1. The molecule has 0 radical (unpaired) electrons. The molecule has 1 amide bonds. The number of aryl methyl sites for hydroxylation is 1. The number of nitrogens with one attached hydrogen (secondary N) is 1. The van der Waals surface area contributed by atoms with Crippen molar-refractivity contribution in [2.45, 2.75) is 13.3 Å². The molecule has 0 saturated heterocycles. The van der Waals surface area contributed by atoms with Gasteiger partial charge in [0.2, 0.25) is 0 Å². The number of rotatable bonds is 5. The van der Waals surface area contributed by atoms with Crippen LogP contribution in [-0.2, 0) is 6.42 Å². The first-order chi connectivity index (χ1) is 12.7. The largest absolute Gasteiger partial charge is 0.321 e. The van der Waals surface area contributed by atoms with Gasteiger partial charge in [0, 0.05) is 23.0 Å². The number of thiazole rings is 1. The molecule has 3 aromatic heterocycles. The van der Waals surface area contributed by atoms with Crippen LogP contribution < -0.4 is 5.32 Å². The SMILES string of the molecule is CCc1sc(-n2cccc2)nc1C(=O)Nc1cccc(-n2cnnc2)c1. The molecule has 1 aromatic carbocycles. The second-order valence-electron chi connectivity index (χ2n) is 5.59. The number of benzene rings is 1. The number of amides is 1. The highest BCUT2D eigenvalue weighted by Crippen LogP contribution is 2.24. The van der Waals surface area contributed by atoms with Crippen LogP contribution in [0.1, 0.15) is 22.3 Å². The molecule has 7 nitrogen and oxygen atoms in total. The van der Waals surface area contributed by atoms with Gasteiger partial charge < -0.3 is 9.88 Å². The average molecular weight is 364 g/mol. The van der Waals surface area contributed by atoms with E-state index in [0.717, 1.165) is 22.1 Å². The molecule has 4 aromatic rings. The standard InChI is InChI=1S/C18H16N6OS/c1-2-15-16(22-18(26-15)23-8-3-4-9-23)17(25)21-13-6-5-7-14(10-13)24-11-19-20-12-24/h3-12H,2H2,1H3,(H,21,25). The van der Waals surface area contributed by atoms with Crippen LogP contribution in [0.4, 0.5) is 5.69 Å². The fourth-order valence-corrected chi connectivity index (χ4v) is 3.56. The van der Waals surface area contributed by atoms with Crippen molar-refractivity contribution in [3.63, 3.8) is 0 Å².